The van der Waals surface area contributed by atoms with E-state index in [4.69, 9.17) is 14.5 Å². The van der Waals surface area contributed by atoms with Gasteiger partial charge in [-0.1, -0.05) is 0 Å². The lowest BCUT2D eigenvalue weighted by atomic mass is 10.1. The highest BCUT2D eigenvalue weighted by Crippen LogP contribution is 2.36. The smallest absolute Gasteiger partial charge is 0.463 e. The normalized spacial score (nSPS) is 12.1. The van der Waals surface area contributed by atoms with Gasteiger partial charge in [0.1, 0.15) is 0 Å². The molecule has 0 rings (SSSR count). The fourth-order valence-electron chi connectivity index (χ4n) is 0.952. The summed E-state index contributed by atoms with van der Waals surface area (Å²) in [5, 5.41) is 0. The molecule has 112 valence electrons. The van der Waals surface area contributed by atoms with Gasteiger partial charge in [0, 0.05) is 0 Å². The molecule has 0 amide bonds. The number of carbonyl (C=O) groups is 2. The van der Waals surface area contributed by atoms with Crippen LogP contribution in [0.3, 0.4) is 0 Å². The van der Waals surface area contributed by atoms with Gasteiger partial charge in [-0.15, -0.1) is 0 Å². The molecule has 19 heavy (non-hydrogen) atoms. The van der Waals surface area contributed by atoms with Gasteiger partial charge in [-0.2, -0.15) is 0 Å². The first-order chi connectivity index (χ1) is 8.67. The highest BCUT2D eigenvalue weighted by Gasteiger charge is 2.46. The van der Waals surface area contributed by atoms with Crippen LogP contribution >= 0.6 is 7.82 Å². The van der Waals surface area contributed by atoms with E-state index in [-0.39, 0.29) is 13.2 Å². The number of phosphoric ester groups is 1. The molecule has 2 N–H and O–H groups in total. The summed E-state index contributed by atoms with van der Waals surface area (Å²) in [4.78, 5) is 40.2. The third kappa shape index (κ3) is 6.13. The molecule has 0 unspecified atom stereocenters. The second-order valence-electron chi connectivity index (χ2n) is 3.36. The summed E-state index contributed by atoms with van der Waals surface area (Å²) in [5.41, 5.74) is -2.15. The standard InChI is InChI=1S/C9H17O9P/c1-4-15-7(10)9(3,8(11)16-5-2)17-6-18-19(12,13)14/h4-6H2,1-3H3,(H2,12,13,14). The minimum atomic E-state index is -4.77. The van der Waals surface area contributed by atoms with Gasteiger partial charge < -0.3 is 24.0 Å². The Morgan fingerprint density at radius 2 is 1.53 bits per heavy atom. The van der Waals surface area contributed by atoms with Crippen molar-refractivity contribution in [1.82, 2.24) is 0 Å². The van der Waals surface area contributed by atoms with E-state index >= 15 is 0 Å². The predicted molar refractivity (Wildman–Crippen MR) is 60.8 cm³/mol. The first-order valence-corrected chi connectivity index (χ1v) is 6.88. The summed E-state index contributed by atoms with van der Waals surface area (Å²) >= 11 is 0. The third-order valence-electron chi connectivity index (χ3n) is 1.90. The molecule has 9 nitrogen and oxygen atoms in total. The zero-order chi connectivity index (χ0) is 15.1. The molecule has 0 saturated heterocycles. The molecule has 0 aliphatic heterocycles. The zero-order valence-electron chi connectivity index (χ0n) is 10.8. The maximum Gasteiger partial charge on any atom is 0.471 e. The van der Waals surface area contributed by atoms with Gasteiger partial charge in [-0.05, 0) is 20.8 Å². The highest BCUT2D eigenvalue weighted by atomic mass is 31.2. The van der Waals surface area contributed by atoms with Crippen molar-refractivity contribution in [2.24, 2.45) is 0 Å². The molecular weight excluding hydrogens is 283 g/mol. The maximum absolute atomic E-state index is 11.6. The molecule has 0 atom stereocenters. The van der Waals surface area contributed by atoms with E-state index in [1.807, 2.05) is 0 Å². The number of esters is 2. The van der Waals surface area contributed by atoms with E-state index in [9.17, 15) is 14.2 Å². The van der Waals surface area contributed by atoms with Crippen LogP contribution in [0.4, 0.5) is 0 Å². The van der Waals surface area contributed by atoms with Crippen molar-refractivity contribution in [2.75, 3.05) is 20.0 Å². The Morgan fingerprint density at radius 3 is 1.84 bits per heavy atom. The van der Waals surface area contributed by atoms with E-state index in [2.05, 4.69) is 14.0 Å². The average Bonchev–Trinajstić information content (AvgIpc) is 2.27. The number of hydrogen-bond donors (Lipinski definition) is 2. The molecule has 0 radical (unpaired) electrons. The third-order valence-corrected chi connectivity index (χ3v) is 2.34. The van der Waals surface area contributed by atoms with Crippen LogP contribution in [0, 0.1) is 0 Å². The van der Waals surface area contributed by atoms with Crippen molar-refractivity contribution < 1.29 is 42.7 Å². The van der Waals surface area contributed by atoms with Crippen LogP contribution in [0.15, 0.2) is 0 Å². The Bertz CT molecular complexity index is 343. The molecular formula is C9H17O9P. The second kappa shape index (κ2) is 7.56. The van der Waals surface area contributed by atoms with Crippen molar-refractivity contribution in [3.63, 3.8) is 0 Å². The summed E-state index contributed by atoms with van der Waals surface area (Å²) in [6, 6.07) is 0. The Hall–Kier alpha value is -0.990. The molecule has 0 aromatic rings. The number of rotatable bonds is 8. The molecule has 0 aromatic carbocycles. The van der Waals surface area contributed by atoms with E-state index in [0.717, 1.165) is 6.92 Å². The van der Waals surface area contributed by atoms with Crippen LogP contribution in [0.1, 0.15) is 20.8 Å². The van der Waals surface area contributed by atoms with Crippen LogP contribution in [0.25, 0.3) is 0 Å². The van der Waals surface area contributed by atoms with Gasteiger partial charge >= 0.3 is 19.8 Å². The van der Waals surface area contributed by atoms with Crippen molar-refractivity contribution >= 4 is 19.8 Å². The van der Waals surface area contributed by atoms with Crippen LogP contribution < -0.4 is 0 Å². The fourth-order valence-corrected chi connectivity index (χ4v) is 1.14. The number of phosphoric acid groups is 1. The molecule has 0 saturated carbocycles. The largest absolute Gasteiger partial charge is 0.471 e. The topological polar surface area (TPSA) is 129 Å². The first kappa shape index (κ1) is 18.0. The van der Waals surface area contributed by atoms with Crippen LogP contribution in [0.5, 0.6) is 0 Å². The van der Waals surface area contributed by atoms with Crippen LogP contribution in [-0.4, -0.2) is 47.3 Å². The molecule has 0 heterocycles. The number of ether oxygens (including phenoxy) is 3. The second-order valence-corrected chi connectivity index (χ2v) is 4.60. The predicted octanol–water partition coefficient (Wildman–Crippen LogP) is -0.0453. The van der Waals surface area contributed by atoms with Crippen molar-refractivity contribution in [3.05, 3.63) is 0 Å². The van der Waals surface area contributed by atoms with Crippen LogP contribution in [-0.2, 0) is 32.9 Å². The van der Waals surface area contributed by atoms with Gasteiger partial charge in [0.15, 0.2) is 6.79 Å². The molecule has 0 aliphatic rings. The van der Waals surface area contributed by atoms with Crippen molar-refractivity contribution in [2.45, 2.75) is 26.4 Å². The van der Waals surface area contributed by atoms with Gasteiger partial charge in [0.25, 0.3) is 5.60 Å². The molecule has 10 heteroatoms. The molecule has 0 aromatic heterocycles. The van der Waals surface area contributed by atoms with E-state index in [0.29, 0.717) is 0 Å². The number of hydrogen-bond acceptors (Lipinski definition) is 7. The zero-order valence-corrected chi connectivity index (χ0v) is 11.7. The quantitative estimate of drug-likeness (QED) is 0.274. The van der Waals surface area contributed by atoms with Gasteiger partial charge in [-0.25, -0.2) is 14.2 Å². The van der Waals surface area contributed by atoms with Crippen LogP contribution in [0.2, 0.25) is 0 Å². The average molecular weight is 300 g/mol. The first-order valence-electron chi connectivity index (χ1n) is 5.35. The van der Waals surface area contributed by atoms with Crippen molar-refractivity contribution in [1.29, 1.82) is 0 Å². The lowest BCUT2D eigenvalue weighted by Gasteiger charge is -2.24. The summed E-state index contributed by atoms with van der Waals surface area (Å²) in [7, 11) is -4.77. The van der Waals surface area contributed by atoms with Gasteiger partial charge in [-0.3, -0.25) is 4.52 Å². The van der Waals surface area contributed by atoms with Gasteiger partial charge in [0.05, 0.1) is 13.2 Å². The monoisotopic (exact) mass is 300 g/mol. The van der Waals surface area contributed by atoms with E-state index in [1.165, 1.54) is 13.8 Å². The van der Waals surface area contributed by atoms with E-state index in [1.54, 1.807) is 0 Å². The minimum Gasteiger partial charge on any atom is -0.463 e. The van der Waals surface area contributed by atoms with E-state index < -0.39 is 32.2 Å². The molecule has 0 bridgehead atoms. The molecule has 0 aliphatic carbocycles. The minimum absolute atomic E-state index is 0.00343. The summed E-state index contributed by atoms with van der Waals surface area (Å²) in [6.07, 6.45) is 0. The lowest BCUT2D eigenvalue weighted by molar-refractivity contribution is -0.197. The lowest BCUT2D eigenvalue weighted by Crippen LogP contribution is -2.49. The summed E-state index contributed by atoms with van der Waals surface area (Å²) in [5.74, 6) is -2.08. The number of carbonyl (C=O) groups excluding carboxylic acids is 2. The Kier molecular flexibility index (Phi) is 7.17. The summed E-state index contributed by atoms with van der Waals surface area (Å²) in [6.45, 7) is 3.13. The summed E-state index contributed by atoms with van der Waals surface area (Å²) < 4.78 is 28.5. The Balaban J connectivity index is 4.81. The Morgan fingerprint density at radius 1 is 1.11 bits per heavy atom. The highest BCUT2D eigenvalue weighted by molar-refractivity contribution is 7.46. The van der Waals surface area contributed by atoms with Gasteiger partial charge in [0.2, 0.25) is 0 Å². The van der Waals surface area contributed by atoms with Crippen molar-refractivity contribution in [3.8, 4) is 0 Å². The molecule has 0 fully saturated rings. The molecule has 0 spiro atoms. The Labute approximate surface area is 110 Å². The fraction of sp³-hybridized carbons (Fsp3) is 0.778. The SMILES string of the molecule is CCOC(=O)C(C)(OCOP(=O)(O)O)C(=O)OCC. The maximum atomic E-state index is 11.6.